The molecule has 0 aliphatic heterocycles. The maximum Gasteiger partial charge on any atom is 0.131 e. The van der Waals surface area contributed by atoms with E-state index in [-0.39, 0.29) is 6.54 Å². The summed E-state index contributed by atoms with van der Waals surface area (Å²) in [6, 6.07) is 6.87. The largest absolute Gasteiger partial charge is 0.384 e. The van der Waals surface area contributed by atoms with E-state index >= 15 is 0 Å². The average Bonchev–Trinajstić information content (AvgIpc) is 2.30. The van der Waals surface area contributed by atoms with E-state index in [1.165, 1.54) is 12.1 Å². The summed E-state index contributed by atoms with van der Waals surface area (Å²) >= 11 is 0. The molecule has 1 aromatic carbocycles. The lowest BCUT2D eigenvalue weighted by Crippen LogP contribution is -2.02. The standard InChI is InChI=1S/C12H11F2N3/c13-9-2-1-8(11(14)5-9)6-16-10-3-4-12(15)17-7-10/h1-5,7,16H,6H2,(H2,15,17). The summed E-state index contributed by atoms with van der Waals surface area (Å²) in [7, 11) is 0. The van der Waals surface area contributed by atoms with Crippen LogP contribution in [0, 0.1) is 11.6 Å². The summed E-state index contributed by atoms with van der Waals surface area (Å²) in [4.78, 5) is 3.89. The van der Waals surface area contributed by atoms with Crippen molar-refractivity contribution in [3.05, 3.63) is 53.7 Å². The van der Waals surface area contributed by atoms with Gasteiger partial charge in [0.2, 0.25) is 0 Å². The number of nitrogens with zero attached hydrogens (tertiary/aromatic N) is 1. The minimum absolute atomic E-state index is 0.262. The zero-order valence-electron chi connectivity index (χ0n) is 8.95. The highest BCUT2D eigenvalue weighted by molar-refractivity contribution is 5.45. The van der Waals surface area contributed by atoms with Gasteiger partial charge < -0.3 is 11.1 Å². The van der Waals surface area contributed by atoms with Gasteiger partial charge in [-0.3, -0.25) is 0 Å². The predicted octanol–water partition coefficient (Wildman–Crippen LogP) is 2.55. The molecule has 0 saturated carbocycles. The molecule has 1 heterocycles. The fourth-order valence-corrected chi connectivity index (χ4v) is 1.37. The number of anilines is 2. The first-order valence-corrected chi connectivity index (χ1v) is 5.04. The summed E-state index contributed by atoms with van der Waals surface area (Å²) < 4.78 is 26.0. The maximum atomic E-state index is 13.3. The molecule has 0 amide bonds. The molecule has 0 atom stereocenters. The third-order valence-corrected chi connectivity index (χ3v) is 2.28. The van der Waals surface area contributed by atoms with E-state index in [0.29, 0.717) is 11.4 Å². The molecule has 0 aliphatic carbocycles. The van der Waals surface area contributed by atoms with Gasteiger partial charge in [0, 0.05) is 18.2 Å². The summed E-state index contributed by atoms with van der Waals surface area (Å²) in [5, 5.41) is 2.97. The fourth-order valence-electron chi connectivity index (χ4n) is 1.37. The van der Waals surface area contributed by atoms with Crippen LogP contribution in [-0.2, 0) is 6.54 Å². The first-order valence-electron chi connectivity index (χ1n) is 5.04. The molecule has 88 valence electrons. The smallest absolute Gasteiger partial charge is 0.131 e. The third kappa shape index (κ3) is 2.90. The van der Waals surface area contributed by atoms with E-state index in [2.05, 4.69) is 10.3 Å². The highest BCUT2D eigenvalue weighted by atomic mass is 19.1. The number of rotatable bonds is 3. The van der Waals surface area contributed by atoms with Crippen LogP contribution < -0.4 is 11.1 Å². The Kier molecular flexibility index (Phi) is 3.18. The Bertz CT molecular complexity index is 512. The molecule has 0 spiro atoms. The molecule has 0 radical (unpaired) electrons. The predicted molar refractivity (Wildman–Crippen MR) is 62.3 cm³/mol. The van der Waals surface area contributed by atoms with Crippen molar-refractivity contribution in [2.24, 2.45) is 0 Å². The van der Waals surface area contributed by atoms with E-state index in [1.807, 2.05) is 0 Å². The quantitative estimate of drug-likeness (QED) is 0.859. The van der Waals surface area contributed by atoms with Crippen LogP contribution in [0.1, 0.15) is 5.56 Å². The van der Waals surface area contributed by atoms with Gasteiger partial charge in [0.15, 0.2) is 0 Å². The number of pyridine rings is 1. The van der Waals surface area contributed by atoms with Crippen molar-refractivity contribution in [2.75, 3.05) is 11.1 Å². The molecule has 3 nitrogen and oxygen atoms in total. The van der Waals surface area contributed by atoms with E-state index in [1.54, 1.807) is 18.3 Å². The number of nitrogen functional groups attached to an aromatic ring is 1. The van der Waals surface area contributed by atoms with Gasteiger partial charge >= 0.3 is 0 Å². The molecule has 5 heteroatoms. The van der Waals surface area contributed by atoms with Gasteiger partial charge in [-0.2, -0.15) is 0 Å². The Morgan fingerprint density at radius 3 is 2.65 bits per heavy atom. The third-order valence-electron chi connectivity index (χ3n) is 2.28. The molecule has 0 bridgehead atoms. The number of benzene rings is 1. The zero-order chi connectivity index (χ0) is 12.3. The van der Waals surface area contributed by atoms with Gasteiger partial charge in [0.05, 0.1) is 11.9 Å². The van der Waals surface area contributed by atoms with Gasteiger partial charge in [-0.15, -0.1) is 0 Å². The number of hydrogen-bond donors (Lipinski definition) is 2. The zero-order valence-corrected chi connectivity index (χ0v) is 8.95. The van der Waals surface area contributed by atoms with Crippen LogP contribution in [0.2, 0.25) is 0 Å². The first-order chi connectivity index (χ1) is 8.15. The SMILES string of the molecule is Nc1ccc(NCc2ccc(F)cc2F)cn1. The monoisotopic (exact) mass is 235 g/mol. The van der Waals surface area contributed by atoms with Gasteiger partial charge in [-0.05, 0) is 18.2 Å². The molecule has 0 saturated heterocycles. The lowest BCUT2D eigenvalue weighted by Gasteiger charge is -2.07. The Labute approximate surface area is 97.3 Å². The van der Waals surface area contributed by atoms with Crippen LogP contribution in [0.15, 0.2) is 36.5 Å². The van der Waals surface area contributed by atoms with Gasteiger partial charge in [-0.1, -0.05) is 6.07 Å². The average molecular weight is 235 g/mol. The molecule has 2 aromatic rings. The van der Waals surface area contributed by atoms with Crippen LogP contribution in [-0.4, -0.2) is 4.98 Å². The van der Waals surface area contributed by atoms with Crippen molar-refractivity contribution in [1.29, 1.82) is 0 Å². The van der Waals surface area contributed by atoms with E-state index < -0.39 is 11.6 Å². The van der Waals surface area contributed by atoms with E-state index in [0.717, 1.165) is 11.8 Å². The van der Waals surface area contributed by atoms with Gasteiger partial charge in [0.1, 0.15) is 17.5 Å². The molecule has 1 aromatic heterocycles. The van der Waals surface area contributed by atoms with Crippen molar-refractivity contribution < 1.29 is 8.78 Å². The van der Waals surface area contributed by atoms with Crippen molar-refractivity contribution in [1.82, 2.24) is 4.98 Å². The molecule has 0 aliphatic rings. The Morgan fingerprint density at radius 2 is 2.00 bits per heavy atom. The normalized spacial score (nSPS) is 10.2. The fraction of sp³-hybridized carbons (Fsp3) is 0.0833. The second kappa shape index (κ2) is 4.78. The van der Waals surface area contributed by atoms with Crippen molar-refractivity contribution in [3.63, 3.8) is 0 Å². The number of halogens is 2. The summed E-state index contributed by atoms with van der Waals surface area (Å²) in [6.45, 7) is 0.262. The van der Waals surface area contributed by atoms with Gasteiger partial charge in [0.25, 0.3) is 0 Å². The van der Waals surface area contributed by atoms with Crippen molar-refractivity contribution in [3.8, 4) is 0 Å². The molecule has 3 N–H and O–H groups in total. The summed E-state index contributed by atoms with van der Waals surface area (Å²) in [6.07, 6.45) is 1.55. The lowest BCUT2D eigenvalue weighted by molar-refractivity contribution is 0.574. The van der Waals surface area contributed by atoms with Crippen LogP contribution >= 0.6 is 0 Å². The first kappa shape index (κ1) is 11.3. The minimum atomic E-state index is -0.583. The Balaban J connectivity index is 2.04. The van der Waals surface area contributed by atoms with Gasteiger partial charge in [-0.25, -0.2) is 13.8 Å². The van der Waals surface area contributed by atoms with Crippen LogP contribution in [0.5, 0.6) is 0 Å². The Hall–Kier alpha value is -2.17. The Morgan fingerprint density at radius 1 is 1.18 bits per heavy atom. The maximum absolute atomic E-state index is 13.3. The summed E-state index contributed by atoms with van der Waals surface area (Å²) in [5.41, 5.74) is 6.55. The number of hydrogen-bond acceptors (Lipinski definition) is 3. The van der Waals surface area contributed by atoms with E-state index in [9.17, 15) is 8.78 Å². The van der Waals surface area contributed by atoms with Crippen molar-refractivity contribution in [2.45, 2.75) is 6.54 Å². The molecule has 0 unspecified atom stereocenters. The summed E-state index contributed by atoms with van der Waals surface area (Å²) in [5.74, 6) is -0.732. The number of nitrogens with two attached hydrogens (primary N) is 1. The van der Waals surface area contributed by atoms with E-state index in [4.69, 9.17) is 5.73 Å². The number of nitrogens with one attached hydrogen (secondary N) is 1. The minimum Gasteiger partial charge on any atom is -0.384 e. The highest BCUT2D eigenvalue weighted by Crippen LogP contribution is 2.13. The van der Waals surface area contributed by atoms with Crippen LogP contribution in [0.3, 0.4) is 0 Å². The number of aromatic nitrogens is 1. The van der Waals surface area contributed by atoms with Crippen molar-refractivity contribution >= 4 is 11.5 Å². The second-order valence-electron chi connectivity index (χ2n) is 3.56. The van der Waals surface area contributed by atoms with Crippen LogP contribution in [0.25, 0.3) is 0 Å². The van der Waals surface area contributed by atoms with Crippen LogP contribution in [0.4, 0.5) is 20.3 Å². The molecule has 0 fully saturated rings. The lowest BCUT2D eigenvalue weighted by atomic mass is 10.2. The topological polar surface area (TPSA) is 50.9 Å². The molecular formula is C12H11F2N3. The molecule has 17 heavy (non-hydrogen) atoms. The molecular weight excluding hydrogens is 224 g/mol. The second-order valence-corrected chi connectivity index (χ2v) is 3.56. The molecule has 2 rings (SSSR count). The highest BCUT2D eigenvalue weighted by Gasteiger charge is 2.03.